The molecule has 0 radical (unpaired) electrons. The van der Waals surface area contributed by atoms with Gasteiger partial charge in [-0.25, -0.2) is 0 Å². The number of thiophene rings is 1. The average molecular weight is 313 g/mol. The van der Waals surface area contributed by atoms with Gasteiger partial charge in [0.15, 0.2) is 0 Å². The molecule has 0 amide bonds. The van der Waals surface area contributed by atoms with Crippen molar-refractivity contribution in [1.29, 1.82) is 0 Å². The number of para-hydroxylation sites is 1. The zero-order chi connectivity index (χ0) is 11.9. The molecule has 0 aliphatic rings. The molecule has 0 aliphatic heterocycles. The molecule has 0 N–H and O–H groups in total. The van der Waals surface area contributed by atoms with Crippen LogP contribution in [0.3, 0.4) is 0 Å². The lowest BCUT2D eigenvalue weighted by molar-refractivity contribution is 0.0902. The molecule has 4 heteroatoms. The molecule has 1 aromatic carbocycles. The van der Waals surface area contributed by atoms with Crippen molar-refractivity contribution in [3.63, 3.8) is 0 Å². The summed E-state index contributed by atoms with van der Waals surface area (Å²) in [7, 11) is 0. The highest BCUT2D eigenvalue weighted by molar-refractivity contribution is 9.10. The van der Waals surface area contributed by atoms with Crippen molar-refractivity contribution in [3.05, 3.63) is 51.1 Å². The highest BCUT2D eigenvalue weighted by Gasteiger charge is 2.00. The molecule has 2 aromatic rings. The third-order valence-corrected chi connectivity index (χ3v) is 4.06. The Kier molecular flexibility index (Phi) is 5.04. The minimum atomic E-state index is 0.576. The van der Waals surface area contributed by atoms with Crippen molar-refractivity contribution in [2.24, 2.45) is 0 Å². The van der Waals surface area contributed by atoms with E-state index in [0.717, 1.165) is 10.2 Å². The third-order valence-electron chi connectivity index (χ3n) is 2.16. The van der Waals surface area contributed by atoms with Crippen LogP contribution in [-0.2, 0) is 11.3 Å². The molecule has 17 heavy (non-hydrogen) atoms. The molecule has 0 bridgehead atoms. The minimum absolute atomic E-state index is 0.576. The SMILES string of the molecule is Brc1ccsc1COCCOc1ccccc1. The van der Waals surface area contributed by atoms with Gasteiger partial charge >= 0.3 is 0 Å². The van der Waals surface area contributed by atoms with E-state index in [4.69, 9.17) is 9.47 Å². The van der Waals surface area contributed by atoms with Gasteiger partial charge in [-0.1, -0.05) is 18.2 Å². The van der Waals surface area contributed by atoms with Gasteiger partial charge in [0.05, 0.1) is 13.2 Å². The molecule has 1 heterocycles. The van der Waals surface area contributed by atoms with Crippen molar-refractivity contribution in [2.75, 3.05) is 13.2 Å². The van der Waals surface area contributed by atoms with Gasteiger partial charge in [0, 0.05) is 9.35 Å². The van der Waals surface area contributed by atoms with Crippen molar-refractivity contribution < 1.29 is 9.47 Å². The number of halogens is 1. The molecule has 1 aromatic heterocycles. The van der Waals surface area contributed by atoms with Crippen LogP contribution < -0.4 is 4.74 Å². The number of benzene rings is 1. The Bertz CT molecular complexity index is 442. The number of hydrogen-bond acceptors (Lipinski definition) is 3. The van der Waals surface area contributed by atoms with E-state index in [-0.39, 0.29) is 0 Å². The molecule has 90 valence electrons. The maximum atomic E-state index is 5.54. The largest absolute Gasteiger partial charge is 0.491 e. The van der Waals surface area contributed by atoms with E-state index in [2.05, 4.69) is 15.9 Å². The summed E-state index contributed by atoms with van der Waals surface area (Å²) in [5.74, 6) is 0.883. The minimum Gasteiger partial charge on any atom is -0.491 e. The topological polar surface area (TPSA) is 18.5 Å². The fraction of sp³-hybridized carbons (Fsp3) is 0.231. The van der Waals surface area contributed by atoms with E-state index in [1.165, 1.54) is 4.88 Å². The quantitative estimate of drug-likeness (QED) is 0.747. The normalized spacial score (nSPS) is 10.4. The molecule has 0 atom stereocenters. The van der Waals surface area contributed by atoms with Crippen LogP contribution in [0.4, 0.5) is 0 Å². The summed E-state index contributed by atoms with van der Waals surface area (Å²) >= 11 is 5.16. The van der Waals surface area contributed by atoms with E-state index >= 15 is 0 Å². The first-order chi connectivity index (χ1) is 8.36. The smallest absolute Gasteiger partial charge is 0.119 e. The van der Waals surface area contributed by atoms with Crippen molar-refractivity contribution in [3.8, 4) is 5.75 Å². The van der Waals surface area contributed by atoms with Crippen LogP contribution in [0, 0.1) is 0 Å². The first-order valence-corrected chi connectivity index (χ1v) is 7.01. The molecular formula is C13H13BrO2S. The van der Waals surface area contributed by atoms with Gasteiger partial charge in [-0.05, 0) is 39.5 Å². The number of ether oxygens (including phenoxy) is 2. The maximum absolute atomic E-state index is 5.54. The molecule has 0 aliphatic carbocycles. The van der Waals surface area contributed by atoms with Crippen LogP contribution in [-0.4, -0.2) is 13.2 Å². The Morgan fingerprint density at radius 2 is 1.88 bits per heavy atom. The van der Waals surface area contributed by atoms with Crippen LogP contribution >= 0.6 is 27.3 Å². The predicted octanol–water partition coefficient (Wildman–Crippen LogP) is 4.11. The van der Waals surface area contributed by atoms with Crippen LogP contribution in [0.25, 0.3) is 0 Å². The van der Waals surface area contributed by atoms with Gasteiger partial charge < -0.3 is 9.47 Å². The van der Waals surface area contributed by atoms with E-state index in [1.54, 1.807) is 11.3 Å². The molecular weight excluding hydrogens is 300 g/mol. The molecule has 0 fully saturated rings. The zero-order valence-corrected chi connectivity index (χ0v) is 11.7. The van der Waals surface area contributed by atoms with E-state index in [9.17, 15) is 0 Å². The highest BCUT2D eigenvalue weighted by Crippen LogP contribution is 2.23. The van der Waals surface area contributed by atoms with Gasteiger partial charge in [-0.3, -0.25) is 0 Å². The molecule has 0 spiro atoms. The van der Waals surface area contributed by atoms with Crippen molar-refractivity contribution in [1.82, 2.24) is 0 Å². The Hall–Kier alpha value is -0.840. The standard InChI is InChI=1S/C13H13BrO2S/c14-12-6-9-17-13(12)10-15-7-8-16-11-4-2-1-3-5-11/h1-6,9H,7-8,10H2. The summed E-state index contributed by atoms with van der Waals surface area (Å²) in [6.45, 7) is 1.81. The van der Waals surface area contributed by atoms with Crippen LogP contribution in [0.15, 0.2) is 46.3 Å². The van der Waals surface area contributed by atoms with Gasteiger partial charge in [-0.15, -0.1) is 11.3 Å². The average Bonchev–Trinajstić information content (AvgIpc) is 2.76. The van der Waals surface area contributed by atoms with Crippen molar-refractivity contribution in [2.45, 2.75) is 6.61 Å². The van der Waals surface area contributed by atoms with Crippen LogP contribution in [0.5, 0.6) is 5.75 Å². The predicted molar refractivity (Wildman–Crippen MR) is 73.6 cm³/mol. The van der Waals surface area contributed by atoms with E-state index in [0.29, 0.717) is 19.8 Å². The Morgan fingerprint density at radius 1 is 1.06 bits per heavy atom. The van der Waals surface area contributed by atoms with Gasteiger partial charge in [-0.2, -0.15) is 0 Å². The molecule has 2 rings (SSSR count). The summed E-state index contributed by atoms with van der Waals surface area (Å²) in [4.78, 5) is 1.21. The molecule has 0 saturated carbocycles. The Labute approximate surface area is 113 Å². The Balaban J connectivity index is 1.63. The maximum Gasteiger partial charge on any atom is 0.119 e. The zero-order valence-electron chi connectivity index (χ0n) is 9.27. The fourth-order valence-electron chi connectivity index (χ4n) is 1.33. The van der Waals surface area contributed by atoms with E-state index in [1.807, 2.05) is 41.8 Å². The summed E-state index contributed by atoms with van der Waals surface area (Å²) in [6, 6.07) is 11.8. The molecule has 0 unspecified atom stereocenters. The van der Waals surface area contributed by atoms with E-state index < -0.39 is 0 Å². The monoisotopic (exact) mass is 312 g/mol. The summed E-state index contributed by atoms with van der Waals surface area (Å²) in [5, 5.41) is 2.04. The Morgan fingerprint density at radius 3 is 2.59 bits per heavy atom. The van der Waals surface area contributed by atoms with Gasteiger partial charge in [0.1, 0.15) is 12.4 Å². The number of hydrogen-bond donors (Lipinski definition) is 0. The first-order valence-electron chi connectivity index (χ1n) is 5.34. The third kappa shape index (κ3) is 4.15. The second kappa shape index (κ2) is 6.79. The second-order valence-corrected chi connectivity index (χ2v) is 5.26. The summed E-state index contributed by atoms with van der Waals surface area (Å²) in [5.41, 5.74) is 0. The lowest BCUT2D eigenvalue weighted by atomic mass is 10.3. The summed E-state index contributed by atoms with van der Waals surface area (Å²) in [6.07, 6.45) is 0. The van der Waals surface area contributed by atoms with Gasteiger partial charge in [0.25, 0.3) is 0 Å². The lowest BCUT2D eigenvalue weighted by Crippen LogP contribution is -2.06. The first kappa shape index (κ1) is 12.6. The fourth-order valence-corrected chi connectivity index (χ4v) is 2.73. The van der Waals surface area contributed by atoms with Crippen molar-refractivity contribution >= 4 is 27.3 Å². The van der Waals surface area contributed by atoms with Crippen LogP contribution in [0.1, 0.15) is 4.88 Å². The summed E-state index contributed by atoms with van der Waals surface area (Å²) < 4.78 is 12.2. The van der Waals surface area contributed by atoms with Gasteiger partial charge in [0.2, 0.25) is 0 Å². The second-order valence-electron chi connectivity index (χ2n) is 3.41. The lowest BCUT2D eigenvalue weighted by Gasteiger charge is -2.06. The molecule has 0 saturated heterocycles. The highest BCUT2D eigenvalue weighted by atomic mass is 79.9. The molecule has 2 nitrogen and oxygen atoms in total. The number of rotatable bonds is 6. The van der Waals surface area contributed by atoms with Crippen LogP contribution in [0.2, 0.25) is 0 Å².